The number of aromatic nitrogens is 3. The first-order valence-corrected chi connectivity index (χ1v) is 6.18. The number of hydrogen-bond acceptors (Lipinski definition) is 3. The molecule has 7 heteroatoms. The third-order valence-corrected chi connectivity index (χ3v) is 2.80. The van der Waals surface area contributed by atoms with Gasteiger partial charge >= 0.3 is 6.18 Å². The summed E-state index contributed by atoms with van der Waals surface area (Å²) in [5, 5.41) is 10.0. The summed E-state index contributed by atoms with van der Waals surface area (Å²) in [7, 11) is 0. The third kappa shape index (κ3) is 3.49. The van der Waals surface area contributed by atoms with Gasteiger partial charge in [-0.3, -0.25) is 0 Å². The summed E-state index contributed by atoms with van der Waals surface area (Å²) < 4.78 is 43.6. The number of rotatable bonds is 5. The Kier molecular flexibility index (Phi) is 4.26. The molecule has 0 radical (unpaired) electrons. The summed E-state index contributed by atoms with van der Waals surface area (Å²) in [6, 6.07) is 3.53. The van der Waals surface area contributed by atoms with Crippen LogP contribution in [0.1, 0.15) is 23.7 Å². The second-order valence-corrected chi connectivity index (χ2v) is 4.21. The molecule has 2 aromatic rings. The standard InChI is InChI=1S/C13H14F3N3O/c1-2-20-12-6-4-10(13(14,15)16)7-9(12)3-5-11-8-17-19-18-11/h4,6-8H,2-3,5H2,1H3,(H,17,18,19). The van der Waals surface area contributed by atoms with Crippen LogP contribution in [-0.4, -0.2) is 22.0 Å². The van der Waals surface area contributed by atoms with Gasteiger partial charge in [0.25, 0.3) is 0 Å². The highest BCUT2D eigenvalue weighted by atomic mass is 19.4. The normalized spacial score (nSPS) is 11.6. The predicted octanol–water partition coefficient (Wildman–Crippen LogP) is 3.01. The van der Waals surface area contributed by atoms with Gasteiger partial charge in [-0.15, -0.1) is 0 Å². The Balaban J connectivity index is 2.22. The lowest BCUT2D eigenvalue weighted by molar-refractivity contribution is -0.137. The van der Waals surface area contributed by atoms with E-state index in [4.69, 9.17) is 4.74 Å². The van der Waals surface area contributed by atoms with Crippen LogP contribution in [0.4, 0.5) is 13.2 Å². The smallest absolute Gasteiger partial charge is 0.416 e. The fraction of sp³-hybridized carbons (Fsp3) is 0.385. The fourth-order valence-electron chi connectivity index (χ4n) is 1.86. The van der Waals surface area contributed by atoms with Gasteiger partial charge in [0, 0.05) is 0 Å². The van der Waals surface area contributed by atoms with Crippen molar-refractivity contribution < 1.29 is 17.9 Å². The molecule has 0 bridgehead atoms. The zero-order chi connectivity index (χ0) is 14.6. The van der Waals surface area contributed by atoms with Crippen molar-refractivity contribution in [2.75, 3.05) is 6.61 Å². The first-order valence-electron chi connectivity index (χ1n) is 6.18. The van der Waals surface area contributed by atoms with Gasteiger partial charge < -0.3 is 4.74 Å². The molecule has 0 aliphatic rings. The summed E-state index contributed by atoms with van der Waals surface area (Å²) in [4.78, 5) is 0. The Morgan fingerprint density at radius 3 is 2.65 bits per heavy atom. The van der Waals surface area contributed by atoms with Crippen LogP contribution in [0.15, 0.2) is 24.4 Å². The maximum absolute atomic E-state index is 12.7. The van der Waals surface area contributed by atoms with Crippen molar-refractivity contribution in [3.05, 3.63) is 41.2 Å². The second-order valence-electron chi connectivity index (χ2n) is 4.21. The number of aromatic amines is 1. The highest BCUT2D eigenvalue weighted by molar-refractivity contribution is 5.38. The predicted molar refractivity (Wildman–Crippen MR) is 66.4 cm³/mol. The molecule has 2 rings (SSSR count). The van der Waals surface area contributed by atoms with E-state index in [2.05, 4.69) is 15.4 Å². The lowest BCUT2D eigenvalue weighted by Gasteiger charge is -2.13. The number of alkyl halides is 3. The maximum Gasteiger partial charge on any atom is 0.416 e. The van der Waals surface area contributed by atoms with E-state index in [0.29, 0.717) is 36.5 Å². The van der Waals surface area contributed by atoms with Crippen LogP contribution in [-0.2, 0) is 19.0 Å². The van der Waals surface area contributed by atoms with Crippen molar-refractivity contribution in [3.8, 4) is 5.75 Å². The third-order valence-electron chi connectivity index (χ3n) is 2.80. The molecule has 1 aromatic heterocycles. The van der Waals surface area contributed by atoms with E-state index in [0.717, 1.165) is 12.1 Å². The highest BCUT2D eigenvalue weighted by Gasteiger charge is 2.31. The van der Waals surface area contributed by atoms with Crippen LogP contribution >= 0.6 is 0 Å². The van der Waals surface area contributed by atoms with E-state index in [1.807, 2.05) is 0 Å². The Bertz CT molecular complexity index is 552. The van der Waals surface area contributed by atoms with E-state index in [1.165, 1.54) is 6.07 Å². The number of nitrogens with zero attached hydrogens (tertiary/aromatic N) is 2. The van der Waals surface area contributed by atoms with E-state index in [-0.39, 0.29) is 0 Å². The maximum atomic E-state index is 12.7. The van der Waals surface area contributed by atoms with E-state index < -0.39 is 11.7 Å². The number of ether oxygens (including phenoxy) is 1. The summed E-state index contributed by atoms with van der Waals surface area (Å²) in [5.74, 6) is 0.476. The molecule has 1 N–H and O–H groups in total. The van der Waals surface area contributed by atoms with Gasteiger partial charge in [-0.2, -0.15) is 28.6 Å². The zero-order valence-corrected chi connectivity index (χ0v) is 10.9. The molecule has 0 amide bonds. The van der Waals surface area contributed by atoms with Gasteiger partial charge in [0.05, 0.1) is 24.1 Å². The van der Waals surface area contributed by atoms with Crippen molar-refractivity contribution in [2.45, 2.75) is 25.9 Å². The number of hydrogen-bond donors (Lipinski definition) is 1. The van der Waals surface area contributed by atoms with E-state index in [1.54, 1.807) is 13.1 Å². The SMILES string of the molecule is CCOc1ccc(C(F)(F)F)cc1CCc1cn[nH]n1. The number of aryl methyl sites for hydroxylation is 2. The van der Waals surface area contributed by atoms with Crippen molar-refractivity contribution in [3.63, 3.8) is 0 Å². The molecular formula is C13H14F3N3O. The first kappa shape index (κ1) is 14.4. The molecule has 0 fully saturated rings. The molecule has 20 heavy (non-hydrogen) atoms. The molecule has 1 aromatic carbocycles. The van der Waals surface area contributed by atoms with Gasteiger partial charge in [-0.05, 0) is 43.5 Å². The average molecular weight is 285 g/mol. The summed E-state index contributed by atoms with van der Waals surface area (Å²) in [6.45, 7) is 2.20. The van der Waals surface area contributed by atoms with Crippen LogP contribution in [0.5, 0.6) is 5.75 Å². The van der Waals surface area contributed by atoms with Crippen molar-refractivity contribution in [1.82, 2.24) is 15.4 Å². The monoisotopic (exact) mass is 285 g/mol. The van der Waals surface area contributed by atoms with Crippen LogP contribution < -0.4 is 4.74 Å². The fourth-order valence-corrected chi connectivity index (χ4v) is 1.86. The molecule has 0 saturated carbocycles. The summed E-state index contributed by atoms with van der Waals surface area (Å²) in [5.41, 5.74) is 0.547. The molecule has 1 heterocycles. The molecule has 108 valence electrons. The Hall–Kier alpha value is -2.05. The molecule has 4 nitrogen and oxygen atoms in total. The summed E-state index contributed by atoms with van der Waals surface area (Å²) >= 11 is 0. The van der Waals surface area contributed by atoms with Crippen LogP contribution in [0, 0.1) is 0 Å². The van der Waals surface area contributed by atoms with Gasteiger partial charge in [0.15, 0.2) is 0 Å². The second kappa shape index (κ2) is 5.94. The van der Waals surface area contributed by atoms with Crippen molar-refractivity contribution in [1.29, 1.82) is 0 Å². The largest absolute Gasteiger partial charge is 0.494 e. The quantitative estimate of drug-likeness (QED) is 0.918. The van der Waals surface area contributed by atoms with E-state index >= 15 is 0 Å². The van der Waals surface area contributed by atoms with Crippen LogP contribution in [0.25, 0.3) is 0 Å². The van der Waals surface area contributed by atoms with Crippen molar-refractivity contribution >= 4 is 0 Å². The first-order chi connectivity index (χ1) is 9.50. The van der Waals surface area contributed by atoms with Crippen molar-refractivity contribution in [2.24, 2.45) is 0 Å². The van der Waals surface area contributed by atoms with E-state index in [9.17, 15) is 13.2 Å². The molecule has 0 unspecified atom stereocenters. The van der Waals surface area contributed by atoms with Gasteiger partial charge in [0.2, 0.25) is 0 Å². The molecule has 0 aliphatic carbocycles. The highest BCUT2D eigenvalue weighted by Crippen LogP contribution is 2.33. The van der Waals surface area contributed by atoms with Gasteiger partial charge in [0.1, 0.15) is 5.75 Å². The summed E-state index contributed by atoms with van der Waals surface area (Å²) in [6.07, 6.45) is -1.90. The zero-order valence-electron chi connectivity index (χ0n) is 10.9. The number of halogens is 3. The minimum atomic E-state index is -4.35. The Labute approximate surface area is 114 Å². The number of benzene rings is 1. The van der Waals surface area contributed by atoms with Crippen LogP contribution in [0.3, 0.4) is 0 Å². The molecule has 0 saturated heterocycles. The number of nitrogens with one attached hydrogen (secondary N) is 1. The lowest BCUT2D eigenvalue weighted by atomic mass is 10.0. The molecule has 0 atom stereocenters. The van der Waals surface area contributed by atoms with Crippen LogP contribution in [0.2, 0.25) is 0 Å². The minimum absolute atomic E-state index is 0.405. The molecule has 0 spiro atoms. The Morgan fingerprint density at radius 1 is 1.25 bits per heavy atom. The molecule has 0 aliphatic heterocycles. The molecular weight excluding hydrogens is 271 g/mol. The van der Waals surface area contributed by atoms with Gasteiger partial charge in [-0.1, -0.05) is 0 Å². The number of H-pyrrole nitrogens is 1. The average Bonchev–Trinajstić information content (AvgIpc) is 2.89. The van der Waals surface area contributed by atoms with Gasteiger partial charge in [-0.25, -0.2) is 0 Å². The minimum Gasteiger partial charge on any atom is -0.494 e. The lowest BCUT2D eigenvalue weighted by Crippen LogP contribution is -2.07. The topological polar surface area (TPSA) is 50.8 Å². The Morgan fingerprint density at radius 2 is 2.05 bits per heavy atom.